The van der Waals surface area contributed by atoms with E-state index in [2.05, 4.69) is 5.32 Å². The van der Waals surface area contributed by atoms with Gasteiger partial charge in [0.2, 0.25) is 5.91 Å². The highest BCUT2D eigenvalue weighted by Gasteiger charge is 2.06. The Morgan fingerprint density at radius 3 is 1.11 bits per heavy atom. The lowest BCUT2D eigenvalue weighted by Crippen LogP contribution is -2.35. The van der Waals surface area contributed by atoms with Crippen molar-refractivity contribution >= 4 is 5.91 Å². The summed E-state index contributed by atoms with van der Waals surface area (Å²) in [5, 5.41) is 2.78. The summed E-state index contributed by atoms with van der Waals surface area (Å²) >= 11 is 0. The SMILES string of the molecule is CC(=O)N[C@@H](C)COc1ccc(Oc2ccc(OCc3ccccc3)cc2)cc1.C[C@H](N)COc1ccc(Oc2ccc(OCc3ccccc3)cc2)cc1. The van der Waals surface area contributed by atoms with E-state index in [0.29, 0.717) is 32.2 Å². The highest BCUT2D eigenvalue weighted by Crippen LogP contribution is 2.27. The number of benzene rings is 6. The molecule has 0 saturated carbocycles. The van der Waals surface area contributed by atoms with Crippen LogP contribution in [-0.2, 0) is 18.0 Å². The summed E-state index contributed by atoms with van der Waals surface area (Å²) < 4.78 is 34.5. The van der Waals surface area contributed by atoms with E-state index in [4.69, 9.17) is 34.2 Å². The van der Waals surface area contributed by atoms with E-state index in [0.717, 1.165) is 51.4 Å². The third-order valence-electron chi connectivity index (χ3n) is 7.73. The Labute approximate surface area is 323 Å². The van der Waals surface area contributed by atoms with Gasteiger partial charge >= 0.3 is 0 Å². The molecule has 0 saturated heterocycles. The number of ether oxygens (including phenoxy) is 6. The molecule has 9 nitrogen and oxygen atoms in total. The van der Waals surface area contributed by atoms with Crippen molar-refractivity contribution in [1.82, 2.24) is 5.32 Å². The van der Waals surface area contributed by atoms with Crippen molar-refractivity contribution in [2.24, 2.45) is 5.73 Å². The Hall–Kier alpha value is -6.45. The highest BCUT2D eigenvalue weighted by molar-refractivity contribution is 5.73. The van der Waals surface area contributed by atoms with Crippen molar-refractivity contribution in [2.75, 3.05) is 13.2 Å². The van der Waals surface area contributed by atoms with E-state index in [9.17, 15) is 4.79 Å². The molecule has 284 valence electrons. The topological polar surface area (TPSA) is 111 Å². The number of nitrogens with two attached hydrogens (primary N) is 1. The van der Waals surface area contributed by atoms with Crippen LogP contribution >= 0.6 is 0 Å². The van der Waals surface area contributed by atoms with Crippen molar-refractivity contribution in [1.29, 1.82) is 0 Å². The number of rotatable bonds is 17. The van der Waals surface area contributed by atoms with Gasteiger partial charge in [-0.3, -0.25) is 4.79 Å². The van der Waals surface area contributed by atoms with Crippen LogP contribution in [0.2, 0.25) is 0 Å². The zero-order chi connectivity index (χ0) is 38.7. The zero-order valence-electron chi connectivity index (χ0n) is 31.4. The Kier molecular flexibility index (Phi) is 15.4. The summed E-state index contributed by atoms with van der Waals surface area (Å²) in [6.45, 7) is 7.27. The van der Waals surface area contributed by atoms with Crippen molar-refractivity contribution in [3.05, 3.63) is 169 Å². The smallest absolute Gasteiger partial charge is 0.217 e. The number of hydrogen-bond acceptors (Lipinski definition) is 8. The van der Waals surface area contributed by atoms with Crippen LogP contribution in [0.5, 0.6) is 46.0 Å². The molecule has 6 aromatic carbocycles. The molecule has 0 spiro atoms. The molecule has 0 aliphatic carbocycles. The van der Waals surface area contributed by atoms with Crippen molar-refractivity contribution in [3.63, 3.8) is 0 Å². The standard InChI is InChI=1S/C24H25NO4.C22H23NO3/c1-18(25-19(2)26)16-27-21-8-12-23(13-9-21)29-24-14-10-22(11-15-24)28-17-20-6-4-3-5-7-20;1-17(23)15-24-19-7-11-21(12-8-19)26-22-13-9-20(10-14-22)25-16-18-5-3-2-4-6-18/h3-15,18H,16-17H2,1-2H3,(H,25,26);2-14,17H,15-16,23H2,1H3/t18-;17-/m00/s1. The maximum atomic E-state index is 11.0. The number of hydrogen-bond donors (Lipinski definition) is 2. The molecular formula is C46H48N2O7. The van der Waals surface area contributed by atoms with E-state index in [1.807, 2.05) is 172 Å². The van der Waals surface area contributed by atoms with Gasteiger partial charge < -0.3 is 39.5 Å². The Morgan fingerprint density at radius 2 is 0.782 bits per heavy atom. The van der Waals surface area contributed by atoms with Gasteiger partial charge in [0.05, 0.1) is 6.04 Å². The van der Waals surface area contributed by atoms with E-state index in [1.54, 1.807) is 0 Å². The second-order valence-corrected chi connectivity index (χ2v) is 12.8. The van der Waals surface area contributed by atoms with Gasteiger partial charge in [0.25, 0.3) is 0 Å². The molecule has 1 amide bonds. The van der Waals surface area contributed by atoms with Crippen LogP contribution in [0.3, 0.4) is 0 Å². The normalized spacial score (nSPS) is 11.5. The summed E-state index contributed by atoms with van der Waals surface area (Å²) in [6.07, 6.45) is 0. The Morgan fingerprint density at radius 1 is 0.473 bits per heavy atom. The van der Waals surface area contributed by atoms with E-state index in [-0.39, 0.29) is 18.0 Å². The first kappa shape index (κ1) is 39.8. The van der Waals surface area contributed by atoms with Gasteiger partial charge in [0.15, 0.2) is 0 Å². The molecule has 0 aliphatic rings. The molecule has 6 rings (SSSR count). The Balaban J connectivity index is 0.000000212. The first-order valence-electron chi connectivity index (χ1n) is 18.1. The average Bonchev–Trinajstić information content (AvgIpc) is 3.20. The molecule has 6 aromatic rings. The van der Waals surface area contributed by atoms with Crippen LogP contribution in [0.25, 0.3) is 0 Å². The third-order valence-corrected chi connectivity index (χ3v) is 7.73. The number of carbonyl (C=O) groups is 1. The van der Waals surface area contributed by atoms with E-state index < -0.39 is 0 Å². The maximum absolute atomic E-state index is 11.0. The lowest BCUT2D eigenvalue weighted by molar-refractivity contribution is -0.119. The van der Waals surface area contributed by atoms with Crippen LogP contribution in [0.4, 0.5) is 0 Å². The largest absolute Gasteiger partial charge is 0.492 e. The molecule has 3 N–H and O–H groups in total. The predicted octanol–water partition coefficient (Wildman–Crippen LogP) is 9.75. The summed E-state index contributed by atoms with van der Waals surface area (Å²) in [5.41, 5.74) is 7.94. The minimum absolute atomic E-state index is 0.00792. The first-order chi connectivity index (χ1) is 26.8. The van der Waals surface area contributed by atoms with Gasteiger partial charge in [0.1, 0.15) is 72.4 Å². The van der Waals surface area contributed by atoms with Gasteiger partial charge in [-0.1, -0.05) is 60.7 Å². The van der Waals surface area contributed by atoms with E-state index in [1.165, 1.54) is 6.92 Å². The van der Waals surface area contributed by atoms with Crippen LogP contribution in [0, 0.1) is 0 Å². The molecule has 0 bridgehead atoms. The number of nitrogens with one attached hydrogen (secondary N) is 1. The van der Waals surface area contributed by atoms with Crippen LogP contribution < -0.4 is 39.5 Å². The van der Waals surface area contributed by atoms with Crippen LogP contribution in [0.15, 0.2) is 158 Å². The van der Waals surface area contributed by atoms with Crippen molar-refractivity contribution < 1.29 is 33.2 Å². The van der Waals surface area contributed by atoms with Gasteiger partial charge in [-0.25, -0.2) is 0 Å². The lowest BCUT2D eigenvalue weighted by atomic mass is 10.2. The molecule has 0 aliphatic heterocycles. The molecule has 9 heteroatoms. The molecule has 0 aromatic heterocycles. The minimum atomic E-state index is -0.0682. The zero-order valence-corrected chi connectivity index (χ0v) is 31.4. The Bertz CT molecular complexity index is 1970. The molecule has 0 heterocycles. The second-order valence-electron chi connectivity index (χ2n) is 12.8. The molecule has 0 unspecified atom stereocenters. The summed E-state index contributed by atoms with van der Waals surface area (Å²) in [7, 11) is 0. The maximum Gasteiger partial charge on any atom is 0.217 e. The molecular weight excluding hydrogens is 693 g/mol. The van der Waals surface area contributed by atoms with E-state index >= 15 is 0 Å². The second kappa shape index (κ2) is 21.3. The van der Waals surface area contributed by atoms with Crippen molar-refractivity contribution in [3.8, 4) is 46.0 Å². The van der Waals surface area contributed by atoms with Gasteiger partial charge in [-0.2, -0.15) is 0 Å². The van der Waals surface area contributed by atoms with Crippen LogP contribution in [-0.4, -0.2) is 31.2 Å². The summed E-state index contributed by atoms with van der Waals surface area (Å²) in [5.74, 6) is 5.96. The third kappa shape index (κ3) is 14.8. The molecule has 2 atom stereocenters. The number of carbonyl (C=O) groups excluding carboxylic acids is 1. The lowest BCUT2D eigenvalue weighted by Gasteiger charge is -2.14. The summed E-state index contributed by atoms with van der Waals surface area (Å²) in [6, 6.07) is 50.0. The van der Waals surface area contributed by atoms with Gasteiger partial charge in [-0.15, -0.1) is 0 Å². The average molecular weight is 741 g/mol. The summed E-state index contributed by atoms with van der Waals surface area (Å²) in [4.78, 5) is 11.0. The molecule has 0 radical (unpaired) electrons. The van der Waals surface area contributed by atoms with Crippen LogP contribution in [0.1, 0.15) is 31.9 Å². The quantitative estimate of drug-likeness (QED) is 0.0952. The first-order valence-corrected chi connectivity index (χ1v) is 18.1. The minimum Gasteiger partial charge on any atom is -0.492 e. The fourth-order valence-electron chi connectivity index (χ4n) is 5.01. The number of amides is 1. The fourth-order valence-corrected chi connectivity index (χ4v) is 5.01. The monoisotopic (exact) mass is 740 g/mol. The van der Waals surface area contributed by atoms with Gasteiger partial charge in [0, 0.05) is 13.0 Å². The molecule has 0 fully saturated rings. The predicted molar refractivity (Wildman–Crippen MR) is 215 cm³/mol. The fraction of sp³-hybridized carbons (Fsp3) is 0.196. The van der Waals surface area contributed by atoms with Crippen molar-refractivity contribution in [2.45, 2.75) is 46.1 Å². The molecule has 55 heavy (non-hydrogen) atoms. The van der Waals surface area contributed by atoms with Gasteiger partial charge in [-0.05, 0) is 122 Å². The highest BCUT2D eigenvalue weighted by atomic mass is 16.5.